The number of hydrogen-bond acceptors (Lipinski definition) is 5. The molecule has 1 aliphatic heterocycles. The zero-order chi connectivity index (χ0) is 22.6. The van der Waals surface area contributed by atoms with E-state index in [1.54, 1.807) is 0 Å². The Hall–Kier alpha value is -2.89. The van der Waals surface area contributed by atoms with Crippen LogP contribution in [0.25, 0.3) is 0 Å². The van der Waals surface area contributed by atoms with Crippen molar-refractivity contribution in [2.24, 2.45) is 0 Å². The van der Waals surface area contributed by atoms with Crippen LogP contribution in [-0.2, 0) is 16.2 Å². The van der Waals surface area contributed by atoms with Crippen LogP contribution in [-0.4, -0.2) is 20.2 Å². The summed E-state index contributed by atoms with van der Waals surface area (Å²) in [6, 6.07) is 10.5. The second-order valence-corrected chi connectivity index (χ2v) is 9.86. The van der Waals surface area contributed by atoms with Crippen molar-refractivity contribution in [3.05, 3.63) is 75.6 Å². The molecule has 6 nitrogen and oxygen atoms in total. The van der Waals surface area contributed by atoms with Gasteiger partial charge in [-0.05, 0) is 42.5 Å². The number of anilines is 1. The second-order valence-electron chi connectivity index (χ2n) is 6.32. The van der Waals surface area contributed by atoms with Gasteiger partial charge in [-0.1, -0.05) is 23.7 Å². The summed E-state index contributed by atoms with van der Waals surface area (Å²) in [5.74, 6) is -1.81. The molecule has 2 heterocycles. The highest BCUT2D eigenvalue weighted by Crippen LogP contribution is 2.41. The molecule has 0 spiro atoms. The van der Waals surface area contributed by atoms with Crippen molar-refractivity contribution in [2.75, 3.05) is 4.90 Å². The molecule has 0 saturated heterocycles. The number of rotatable bonds is 4. The average Bonchev–Trinajstić information content (AvgIpc) is 3.24. The largest absolute Gasteiger partial charge is 0.418 e. The van der Waals surface area contributed by atoms with Crippen LogP contribution in [0, 0.1) is 0 Å². The molecule has 0 unspecified atom stereocenters. The van der Waals surface area contributed by atoms with Gasteiger partial charge >= 0.3 is 6.18 Å². The van der Waals surface area contributed by atoms with E-state index in [-0.39, 0.29) is 19.7 Å². The molecule has 0 atom stereocenters. The first kappa shape index (κ1) is 21.3. The first-order chi connectivity index (χ1) is 14.5. The Kier molecular flexibility index (Phi) is 5.07. The molecule has 2 aromatic carbocycles. The number of alkyl halides is 3. The summed E-state index contributed by atoms with van der Waals surface area (Å²) in [5, 5.41) is 0. The molecular formula is C19H9ClF3N2O4S2. The normalized spacial score (nSPS) is 14.1. The zero-order valence-electron chi connectivity index (χ0n) is 15.1. The number of benzene rings is 2. The SMILES string of the molecule is O=C1c2ccccc2C(=O)N1c1ccc([N]S(=O)(=O)c2ccc(Cl)s2)cc1C(F)(F)F. The number of hydrogen-bond donors (Lipinski definition) is 0. The van der Waals surface area contributed by atoms with Gasteiger partial charge in [0.05, 0.1) is 32.4 Å². The third-order valence-corrected chi connectivity index (χ3v) is 7.35. The van der Waals surface area contributed by atoms with Gasteiger partial charge in [0.25, 0.3) is 21.8 Å². The van der Waals surface area contributed by atoms with Crippen LogP contribution in [0.2, 0.25) is 4.34 Å². The molecule has 12 heteroatoms. The summed E-state index contributed by atoms with van der Waals surface area (Å²) in [4.78, 5) is 25.6. The van der Waals surface area contributed by atoms with Crippen molar-refractivity contribution in [3.8, 4) is 0 Å². The van der Waals surface area contributed by atoms with Crippen LogP contribution in [0.5, 0.6) is 0 Å². The number of thiophene rings is 1. The van der Waals surface area contributed by atoms with Crippen LogP contribution in [0.1, 0.15) is 26.3 Å². The zero-order valence-corrected chi connectivity index (χ0v) is 17.4. The highest BCUT2D eigenvalue weighted by Gasteiger charge is 2.42. The van der Waals surface area contributed by atoms with E-state index >= 15 is 0 Å². The summed E-state index contributed by atoms with van der Waals surface area (Å²) in [6.07, 6.45) is -4.99. The molecule has 1 aliphatic rings. The van der Waals surface area contributed by atoms with Gasteiger partial charge in [0.2, 0.25) is 0 Å². The highest BCUT2D eigenvalue weighted by atomic mass is 35.5. The Morgan fingerprint density at radius 1 is 0.935 bits per heavy atom. The first-order valence-electron chi connectivity index (χ1n) is 8.41. The number of carbonyl (C=O) groups excluding carboxylic acids is 2. The maximum absolute atomic E-state index is 13.8. The van der Waals surface area contributed by atoms with Gasteiger partial charge in [-0.15, -0.1) is 11.3 Å². The number of halogens is 4. The van der Waals surface area contributed by atoms with Gasteiger partial charge in [-0.2, -0.15) is 26.3 Å². The lowest BCUT2D eigenvalue weighted by Crippen LogP contribution is -2.31. The van der Waals surface area contributed by atoms with E-state index in [0.717, 1.165) is 12.1 Å². The number of fused-ring (bicyclic) bond motifs is 1. The molecule has 4 rings (SSSR count). The summed E-state index contributed by atoms with van der Waals surface area (Å²) in [7, 11) is -4.31. The van der Waals surface area contributed by atoms with Crippen LogP contribution in [0.3, 0.4) is 0 Å². The van der Waals surface area contributed by atoms with Crippen molar-refractivity contribution in [3.63, 3.8) is 0 Å². The molecule has 0 bridgehead atoms. The Morgan fingerprint density at radius 2 is 1.55 bits per heavy atom. The topological polar surface area (TPSA) is 85.6 Å². The second kappa shape index (κ2) is 7.36. The summed E-state index contributed by atoms with van der Waals surface area (Å²) < 4.78 is 69.4. The quantitative estimate of drug-likeness (QED) is 0.495. The molecule has 0 saturated carbocycles. The van der Waals surface area contributed by atoms with Crippen LogP contribution in [0.15, 0.2) is 58.8 Å². The van der Waals surface area contributed by atoms with Gasteiger partial charge in [0, 0.05) is 0 Å². The Bertz CT molecular complexity index is 1300. The summed E-state index contributed by atoms with van der Waals surface area (Å²) >= 11 is 6.41. The van der Waals surface area contributed by atoms with E-state index in [1.807, 2.05) is 0 Å². The molecule has 0 fully saturated rings. The van der Waals surface area contributed by atoms with Gasteiger partial charge in [-0.25, -0.2) is 4.90 Å². The molecule has 1 radical (unpaired) electrons. The minimum Gasteiger partial charge on any atom is -0.268 e. The third kappa shape index (κ3) is 3.80. The Balaban J connectivity index is 1.76. The predicted molar refractivity (Wildman–Crippen MR) is 107 cm³/mol. The van der Waals surface area contributed by atoms with Crippen molar-refractivity contribution in [1.82, 2.24) is 4.72 Å². The minimum atomic E-state index is -4.99. The van der Waals surface area contributed by atoms with E-state index in [1.165, 1.54) is 36.4 Å². The fourth-order valence-corrected chi connectivity index (χ4v) is 5.47. The minimum absolute atomic E-state index is 0.0217. The summed E-state index contributed by atoms with van der Waals surface area (Å²) in [5.41, 5.74) is -2.65. The van der Waals surface area contributed by atoms with E-state index in [0.29, 0.717) is 22.3 Å². The highest BCUT2D eigenvalue weighted by molar-refractivity contribution is 7.91. The lowest BCUT2D eigenvalue weighted by molar-refractivity contribution is -0.137. The third-order valence-electron chi connectivity index (χ3n) is 4.35. The summed E-state index contributed by atoms with van der Waals surface area (Å²) in [6.45, 7) is 0. The van der Waals surface area contributed by atoms with Crippen LogP contribution < -0.4 is 9.62 Å². The molecule has 2 amide bonds. The van der Waals surface area contributed by atoms with Gasteiger partial charge in [-0.3, -0.25) is 9.59 Å². The number of amides is 2. The van der Waals surface area contributed by atoms with E-state index in [2.05, 4.69) is 4.72 Å². The predicted octanol–water partition coefficient (Wildman–Crippen LogP) is 4.85. The molecule has 0 N–H and O–H groups in total. The maximum atomic E-state index is 13.8. The van der Waals surface area contributed by atoms with Gasteiger partial charge < -0.3 is 0 Å². The Labute approximate surface area is 182 Å². The molecule has 3 aromatic rings. The number of carbonyl (C=O) groups is 2. The first-order valence-corrected chi connectivity index (χ1v) is 11.0. The molecule has 0 aliphatic carbocycles. The number of sulfonamides is 1. The Morgan fingerprint density at radius 3 is 2.06 bits per heavy atom. The standard InChI is InChI=1S/C19H9ClF3N2O4S2/c20-15-7-8-16(30-15)31(28,29)24-10-5-6-14(13(9-10)19(21,22)23)25-17(26)11-3-1-2-4-12(11)18(25)27/h1-9H. The lowest BCUT2D eigenvalue weighted by atomic mass is 10.1. The maximum Gasteiger partial charge on any atom is 0.418 e. The van der Waals surface area contributed by atoms with E-state index in [4.69, 9.17) is 11.6 Å². The average molecular weight is 486 g/mol. The van der Waals surface area contributed by atoms with Crippen LogP contribution >= 0.6 is 22.9 Å². The van der Waals surface area contributed by atoms with E-state index < -0.39 is 45.0 Å². The number of imide groups is 1. The van der Waals surface area contributed by atoms with Crippen LogP contribution in [0.4, 0.5) is 24.5 Å². The van der Waals surface area contributed by atoms with Crippen molar-refractivity contribution in [1.29, 1.82) is 0 Å². The molecule has 31 heavy (non-hydrogen) atoms. The smallest absolute Gasteiger partial charge is 0.268 e. The van der Waals surface area contributed by atoms with Gasteiger partial charge in [0.1, 0.15) is 4.21 Å². The fraction of sp³-hybridized carbons (Fsp3) is 0.0526. The van der Waals surface area contributed by atoms with Crippen molar-refractivity contribution >= 4 is 56.2 Å². The number of nitrogens with zero attached hydrogens (tertiary/aromatic N) is 2. The van der Waals surface area contributed by atoms with Crippen molar-refractivity contribution in [2.45, 2.75) is 10.4 Å². The van der Waals surface area contributed by atoms with Gasteiger partial charge in [0.15, 0.2) is 0 Å². The monoisotopic (exact) mass is 485 g/mol. The molecular weight excluding hydrogens is 477 g/mol. The fourth-order valence-electron chi connectivity index (χ4n) is 3.03. The lowest BCUT2D eigenvalue weighted by Gasteiger charge is -2.20. The van der Waals surface area contributed by atoms with Crippen molar-refractivity contribution < 1.29 is 31.2 Å². The molecule has 159 valence electrons. The van der Waals surface area contributed by atoms with E-state index in [9.17, 15) is 31.2 Å². The molecule has 1 aromatic heterocycles.